The first-order chi connectivity index (χ1) is 15.1. The van der Waals surface area contributed by atoms with Crippen LogP contribution in [0, 0.1) is 0 Å². The Bertz CT molecular complexity index is 603. The third kappa shape index (κ3) is 5.59. The molecule has 188 valence electrons. The second-order valence-corrected chi connectivity index (χ2v) is 9.47. The average Bonchev–Trinajstić information content (AvgIpc) is 2.72. The third-order valence-corrected chi connectivity index (χ3v) is 6.72. The van der Waals surface area contributed by atoms with E-state index in [9.17, 15) is 15.3 Å². The highest BCUT2D eigenvalue weighted by Gasteiger charge is 2.50. The summed E-state index contributed by atoms with van der Waals surface area (Å²) in [5.41, 5.74) is 17.4. The first-order valence-electron chi connectivity index (χ1n) is 11.3. The SMILES string of the molecule is CNC[C@@H]1CC[C@@H](N)C(OC2[C@@H](N)C[C@@H](N)[C@H](O[C@H]3OC[C@](C)(O)[C@H](NC)[C@H]3O)[C@H]2O)O1. The molecule has 32 heavy (non-hydrogen) atoms. The van der Waals surface area contributed by atoms with Gasteiger partial charge in [0, 0.05) is 18.6 Å². The molecule has 1 saturated carbocycles. The molecule has 0 aromatic heterocycles. The van der Waals surface area contributed by atoms with Crippen molar-refractivity contribution in [2.45, 2.75) is 99.1 Å². The standard InChI is InChI=1S/C20H41N5O7/c1-20(28)8-29-19(14(27)17(20)25-3)32-16-12(23)6-11(22)15(13(16)26)31-18-10(21)5-4-9(30-18)7-24-2/h9-19,24-28H,4-8,21-23H2,1-3H3/t9-,10+,11-,12+,13-,14+,15?,16-,17+,18?,19+,20-/m0/s1. The van der Waals surface area contributed by atoms with Crippen LogP contribution in [0.4, 0.5) is 0 Å². The highest BCUT2D eigenvalue weighted by atomic mass is 16.7. The maximum atomic E-state index is 11.1. The highest BCUT2D eigenvalue weighted by molar-refractivity contribution is 5.01. The molecule has 2 unspecified atom stereocenters. The molecular weight excluding hydrogens is 422 g/mol. The molecule has 0 aromatic rings. The molecule has 1 aliphatic carbocycles. The molecule has 3 aliphatic rings. The van der Waals surface area contributed by atoms with E-state index in [0.29, 0.717) is 13.0 Å². The summed E-state index contributed by atoms with van der Waals surface area (Å²) in [7, 11) is 3.47. The van der Waals surface area contributed by atoms with Crippen LogP contribution in [-0.4, -0.2) is 115 Å². The Morgan fingerprint density at radius 3 is 2.19 bits per heavy atom. The fraction of sp³-hybridized carbons (Fsp3) is 1.00. The molecule has 0 spiro atoms. The first kappa shape index (κ1) is 26.1. The minimum atomic E-state index is -1.28. The number of nitrogens with one attached hydrogen (secondary N) is 2. The summed E-state index contributed by atoms with van der Waals surface area (Å²) in [6.45, 7) is 2.16. The smallest absolute Gasteiger partial charge is 0.185 e. The minimum absolute atomic E-state index is 0.0480. The maximum Gasteiger partial charge on any atom is 0.185 e. The van der Waals surface area contributed by atoms with Crippen LogP contribution in [0.2, 0.25) is 0 Å². The van der Waals surface area contributed by atoms with Crippen molar-refractivity contribution < 1.29 is 34.3 Å². The van der Waals surface area contributed by atoms with Gasteiger partial charge in [0.1, 0.15) is 30.0 Å². The molecular formula is C20H41N5O7. The van der Waals surface area contributed by atoms with Crippen molar-refractivity contribution in [3.8, 4) is 0 Å². The molecule has 11 N–H and O–H groups in total. The summed E-state index contributed by atoms with van der Waals surface area (Å²) in [5, 5.41) is 38.1. The van der Waals surface area contributed by atoms with Crippen LogP contribution in [0.5, 0.6) is 0 Å². The van der Waals surface area contributed by atoms with Crippen molar-refractivity contribution in [2.24, 2.45) is 17.2 Å². The number of aliphatic hydroxyl groups is 3. The summed E-state index contributed by atoms with van der Waals surface area (Å²) in [6, 6.07) is -2.20. The van der Waals surface area contributed by atoms with Gasteiger partial charge >= 0.3 is 0 Å². The molecule has 3 fully saturated rings. The Kier molecular flexibility index (Phi) is 8.86. The van der Waals surface area contributed by atoms with Crippen molar-refractivity contribution >= 4 is 0 Å². The Morgan fingerprint density at radius 1 is 0.969 bits per heavy atom. The van der Waals surface area contributed by atoms with Crippen LogP contribution in [0.15, 0.2) is 0 Å². The van der Waals surface area contributed by atoms with Crippen LogP contribution in [0.3, 0.4) is 0 Å². The lowest BCUT2D eigenvalue weighted by Gasteiger charge is -2.48. The fourth-order valence-electron chi connectivity index (χ4n) is 4.90. The van der Waals surface area contributed by atoms with Crippen molar-refractivity contribution in [2.75, 3.05) is 27.2 Å². The summed E-state index contributed by atoms with van der Waals surface area (Å²) < 4.78 is 23.5. The van der Waals surface area contributed by atoms with E-state index < -0.39 is 60.7 Å². The van der Waals surface area contributed by atoms with E-state index in [-0.39, 0.29) is 18.8 Å². The van der Waals surface area contributed by atoms with E-state index >= 15 is 0 Å². The lowest BCUT2D eigenvalue weighted by Crippen LogP contribution is -2.68. The molecule has 12 nitrogen and oxygen atoms in total. The summed E-state index contributed by atoms with van der Waals surface area (Å²) >= 11 is 0. The second-order valence-electron chi connectivity index (χ2n) is 9.47. The normalized spacial score (nSPS) is 50.3. The van der Waals surface area contributed by atoms with Gasteiger partial charge in [-0.3, -0.25) is 0 Å². The zero-order valence-corrected chi connectivity index (χ0v) is 19.1. The number of likely N-dealkylation sites (N-methyl/N-ethyl adjacent to an activating group) is 2. The van der Waals surface area contributed by atoms with Crippen LogP contribution in [-0.2, 0) is 18.9 Å². The van der Waals surface area contributed by atoms with Gasteiger partial charge in [-0.1, -0.05) is 0 Å². The second kappa shape index (κ2) is 10.8. The molecule has 3 rings (SSSR count). The Hall–Kier alpha value is -0.480. The van der Waals surface area contributed by atoms with E-state index in [4.69, 9.17) is 36.1 Å². The summed E-state index contributed by atoms with van der Waals surface area (Å²) in [5.74, 6) is 0. The lowest BCUT2D eigenvalue weighted by atomic mass is 9.84. The third-order valence-electron chi connectivity index (χ3n) is 6.72. The number of rotatable bonds is 7. The average molecular weight is 464 g/mol. The highest BCUT2D eigenvalue weighted by Crippen LogP contribution is 2.31. The quantitative estimate of drug-likeness (QED) is 0.184. The molecule has 0 amide bonds. The topological polar surface area (TPSA) is 200 Å². The Labute approximate surface area is 189 Å². The zero-order valence-electron chi connectivity index (χ0n) is 19.1. The molecule has 0 aromatic carbocycles. The number of hydrogen-bond donors (Lipinski definition) is 8. The van der Waals surface area contributed by atoms with Crippen LogP contribution >= 0.6 is 0 Å². The van der Waals surface area contributed by atoms with Gasteiger partial charge in [0.2, 0.25) is 0 Å². The van der Waals surface area contributed by atoms with E-state index in [0.717, 1.165) is 12.8 Å². The number of ether oxygens (including phenoxy) is 4. The van der Waals surface area contributed by atoms with Crippen molar-refractivity contribution in [3.63, 3.8) is 0 Å². The van der Waals surface area contributed by atoms with Gasteiger partial charge in [-0.25, -0.2) is 0 Å². The largest absolute Gasteiger partial charge is 0.388 e. The van der Waals surface area contributed by atoms with Gasteiger partial charge in [-0.15, -0.1) is 0 Å². The molecule has 2 aliphatic heterocycles. The summed E-state index contributed by atoms with van der Waals surface area (Å²) in [4.78, 5) is 0. The summed E-state index contributed by atoms with van der Waals surface area (Å²) in [6.07, 6.45) is -4.12. The van der Waals surface area contributed by atoms with E-state index in [1.807, 2.05) is 7.05 Å². The number of aliphatic hydroxyl groups excluding tert-OH is 2. The minimum Gasteiger partial charge on any atom is -0.388 e. The number of hydrogen-bond acceptors (Lipinski definition) is 12. The van der Waals surface area contributed by atoms with Crippen LogP contribution in [0.25, 0.3) is 0 Å². The Balaban J connectivity index is 1.67. The van der Waals surface area contributed by atoms with E-state index in [2.05, 4.69) is 10.6 Å². The fourth-order valence-corrected chi connectivity index (χ4v) is 4.90. The van der Waals surface area contributed by atoms with Crippen LogP contribution < -0.4 is 27.8 Å². The lowest BCUT2D eigenvalue weighted by molar-refractivity contribution is -0.306. The van der Waals surface area contributed by atoms with E-state index in [1.54, 1.807) is 14.0 Å². The van der Waals surface area contributed by atoms with Crippen molar-refractivity contribution in [3.05, 3.63) is 0 Å². The maximum absolute atomic E-state index is 11.1. The van der Waals surface area contributed by atoms with Gasteiger partial charge in [-0.05, 0) is 40.3 Å². The Morgan fingerprint density at radius 2 is 1.59 bits per heavy atom. The predicted molar refractivity (Wildman–Crippen MR) is 115 cm³/mol. The van der Waals surface area contributed by atoms with Crippen molar-refractivity contribution in [1.82, 2.24) is 10.6 Å². The van der Waals surface area contributed by atoms with Gasteiger partial charge in [-0.2, -0.15) is 0 Å². The van der Waals surface area contributed by atoms with Gasteiger partial charge < -0.3 is 62.1 Å². The molecule has 2 heterocycles. The van der Waals surface area contributed by atoms with Gasteiger partial charge in [0.05, 0.1) is 24.8 Å². The zero-order chi connectivity index (χ0) is 23.6. The predicted octanol–water partition coefficient (Wildman–Crippen LogP) is -3.72. The van der Waals surface area contributed by atoms with E-state index in [1.165, 1.54) is 0 Å². The van der Waals surface area contributed by atoms with Crippen LogP contribution in [0.1, 0.15) is 26.2 Å². The molecule has 2 saturated heterocycles. The van der Waals surface area contributed by atoms with Gasteiger partial charge in [0.25, 0.3) is 0 Å². The van der Waals surface area contributed by atoms with Gasteiger partial charge in [0.15, 0.2) is 12.6 Å². The number of nitrogens with two attached hydrogens (primary N) is 3. The van der Waals surface area contributed by atoms with Crippen molar-refractivity contribution in [1.29, 1.82) is 0 Å². The molecule has 12 heteroatoms. The first-order valence-corrected chi connectivity index (χ1v) is 11.3. The molecule has 0 radical (unpaired) electrons. The molecule has 0 bridgehead atoms. The monoisotopic (exact) mass is 463 g/mol. The molecule has 12 atom stereocenters.